The lowest BCUT2D eigenvalue weighted by Gasteiger charge is -2.06. The molecular weight excluding hydrogens is 322 g/mol. The van der Waals surface area contributed by atoms with Crippen molar-refractivity contribution in [2.24, 2.45) is 0 Å². The third-order valence-electron chi connectivity index (χ3n) is 3.79. The van der Waals surface area contributed by atoms with Crippen LogP contribution in [-0.2, 0) is 11.2 Å². The molecule has 0 bridgehead atoms. The Morgan fingerprint density at radius 3 is 2.33 bits per heavy atom. The first-order valence-electron chi connectivity index (χ1n) is 7.65. The van der Waals surface area contributed by atoms with Crippen molar-refractivity contribution < 1.29 is 9.59 Å². The fraction of sp³-hybridized carbons (Fsp3) is 0.100. The van der Waals surface area contributed by atoms with E-state index in [9.17, 15) is 9.59 Å². The van der Waals surface area contributed by atoms with Crippen LogP contribution in [-0.4, -0.2) is 18.2 Å². The van der Waals surface area contributed by atoms with Crippen LogP contribution in [0, 0.1) is 0 Å². The lowest BCUT2D eigenvalue weighted by Crippen LogP contribution is -2.30. The highest BCUT2D eigenvalue weighted by atomic mass is 35.5. The van der Waals surface area contributed by atoms with Gasteiger partial charge in [-0.05, 0) is 40.6 Å². The standard InChI is InChI=1S/C20H16ClNO2/c21-18-9-7-16(8-10-18)19(23)13-22-20(24)12-14-5-6-15-3-1-2-4-17(15)11-14/h1-11H,12-13H2,(H,22,24). The monoisotopic (exact) mass is 337 g/mol. The van der Waals surface area contributed by atoms with E-state index in [2.05, 4.69) is 5.32 Å². The Morgan fingerprint density at radius 1 is 0.875 bits per heavy atom. The van der Waals surface area contributed by atoms with Crippen molar-refractivity contribution in [3.63, 3.8) is 0 Å². The number of halogens is 1. The number of carbonyl (C=O) groups is 2. The summed E-state index contributed by atoms with van der Waals surface area (Å²) >= 11 is 5.79. The van der Waals surface area contributed by atoms with Gasteiger partial charge in [0.05, 0.1) is 13.0 Å². The largest absolute Gasteiger partial charge is 0.348 e. The summed E-state index contributed by atoms with van der Waals surface area (Å²) in [5.41, 5.74) is 1.45. The Hall–Kier alpha value is -2.65. The van der Waals surface area contributed by atoms with E-state index in [1.807, 2.05) is 42.5 Å². The molecule has 0 fully saturated rings. The molecule has 0 radical (unpaired) electrons. The van der Waals surface area contributed by atoms with E-state index >= 15 is 0 Å². The number of hydrogen-bond donors (Lipinski definition) is 1. The number of ketones is 1. The number of fused-ring (bicyclic) bond motifs is 1. The van der Waals surface area contributed by atoms with Crippen LogP contribution >= 0.6 is 11.6 Å². The van der Waals surface area contributed by atoms with Gasteiger partial charge < -0.3 is 5.32 Å². The van der Waals surface area contributed by atoms with Crippen LogP contribution in [0.2, 0.25) is 5.02 Å². The molecule has 3 rings (SSSR count). The molecule has 0 unspecified atom stereocenters. The average Bonchev–Trinajstić information content (AvgIpc) is 2.60. The van der Waals surface area contributed by atoms with Crippen molar-refractivity contribution in [1.29, 1.82) is 0 Å². The van der Waals surface area contributed by atoms with Gasteiger partial charge in [0.2, 0.25) is 5.91 Å². The number of Topliss-reactive ketones (excluding diaryl/α,β-unsaturated/α-hetero) is 1. The quantitative estimate of drug-likeness (QED) is 0.714. The topological polar surface area (TPSA) is 46.2 Å². The zero-order chi connectivity index (χ0) is 16.9. The smallest absolute Gasteiger partial charge is 0.224 e. The van der Waals surface area contributed by atoms with Gasteiger partial charge in [0.15, 0.2) is 5.78 Å². The summed E-state index contributed by atoms with van der Waals surface area (Å²) in [6, 6.07) is 20.5. The van der Waals surface area contributed by atoms with Gasteiger partial charge in [-0.1, -0.05) is 54.1 Å². The summed E-state index contributed by atoms with van der Waals surface area (Å²) in [6.45, 7) is -0.0198. The van der Waals surface area contributed by atoms with Crippen molar-refractivity contribution in [2.75, 3.05) is 6.54 Å². The number of rotatable bonds is 5. The molecule has 4 heteroatoms. The summed E-state index contributed by atoms with van der Waals surface area (Å²) in [4.78, 5) is 24.1. The number of amides is 1. The first-order chi connectivity index (χ1) is 11.6. The Kier molecular flexibility index (Phi) is 4.92. The molecule has 3 aromatic rings. The molecule has 1 N–H and O–H groups in total. The minimum absolute atomic E-state index is 0.0198. The maximum atomic E-state index is 12.1. The summed E-state index contributed by atoms with van der Waals surface area (Å²) in [7, 11) is 0. The van der Waals surface area contributed by atoms with Crippen LogP contribution < -0.4 is 5.32 Å². The second-order valence-electron chi connectivity index (χ2n) is 5.57. The molecule has 0 atom stereocenters. The van der Waals surface area contributed by atoms with Gasteiger partial charge >= 0.3 is 0 Å². The SMILES string of the molecule is O=C(Cc1ccc2ccccc2c1)NCC(=O)c1ccc(Cl)cc1. The molecule has 24 heavy (non-hydrogen) atoms. The zero-order valence-corrected chi connectivity index (χ0v) is 13.7. The highest BCUT2D eigenvalue weighted by molar-refractivity contribution is 6.30. The van der Waals surface area contributed by atoms with Crippen LogP contribution in [0.1, 0.15) is 15.9 Å². The fourth-order valence-corrected chi connectivity index (χ4v) is 2.64. The number of benzene rings is 3. The summed E-state index contributed by atoms with van der Waals surface area (Å²) in [5, 5.41) is 5.48. The van der Waals surface area contributed by atoms with E-state index in [1.165, 1.54) is 0 Å². The van der Waals surface area contributed by atoms with Gasteiger partial charge in [0.25, 0.3) is 0 Å². The van der Waals surface area contributed by atoms with E-state index in [0.717, 1.165) is 16.3 Å². The molecule has 0 saturated heterocycles. The Labute approximate surface area is 145 Å². The maximum absolute atomic E-state index is 12.1. The minimum Gasteiger partial charge on any atom is -0.348 e. The Morgan fingerprint density at radius 2 is 1.58 bits per heavy atom. The Balaban J connectivity index is 1.58. The molecule has 3 aromatic carbocycles. The van der Waals surface area contributed by atoms with Gasteiger partial charge in [0.1, 0.15) is 0 Å². The maximum Gasteiger partial charge on any atom is 0.224 e. The third-order valence-corrected chi connectivity index (χ3v) is 4.04. The molecule has 3 nitrogen and oxygen atoms in total. The third kappa shape index (κ3) is 4.00. The molecular formula is C20H16ClNO2. The molecule has 0 aliphatic rings. The number of nitrogens with one attached hydrogen (secondary N) is 1. The first-order valence-corrected chi connectivity index (χ1v) is 8.03. The van der Waals surface area contributed by atoms with Crippen molar-refractivity contribution in [3.8, 4) is 0 Å². The second kappa shape index (κ2) is 7.28. The lowest BCUT2D eigenvalue weighted by atomic mass is 10.0. The van der Waals surface area contributed by atoms with Gasteiger partial charge in [-0.2, -0.15) is 0 Å². The van der Waals surface area contributed by atoms with Crippen LogP contribution in [0.4, 0.5) is 0 Å². The van der Waals surface area contributed by atoms with Crippen molar-refractivity contribution in [1.82, 2.24) is 5.32 Å². The van der Waals surface area contributed by atoms with Crippen molar-refractivity contribution in [3.05, 3.63) is 82.9 Å². The van der Waals surface area contributed by atoms with E-state index in [1.54, 1.807) is 24.3 Å². The predicted octanol–water partition coefficient (Wildman–Crippen LogP) is 4.03. The highest BCUT2D eigenvalue weighted by Crippen LogP contribution is 2.16. The van der Waals surface area contributed by atoms with Crippen LogP contribution in [0.3, 0.4) is 0 Å². The molecule has 0 heterocycles. The zero-order valence-electron chi connectivity index (χ0n) is 13.0. The fourth-order valence-electron chi connectivity index (χ4n) is 2.51. The minimum atomic E-state index is -0.174. The van der Waals surface area contributed by atoms with Gasteiger partial charge in [-0.3, -0.25) is 9.59 Å². The summed E-state index contributed by atoms with van der Waals surface area (Å²) in [6.07, 6.45) is 0.249. The molecule has 120 valence electrons. The van der Waals surface area contributed by atoms with E-state index in [4.69, 9.17) is 11.6 Å². The van der Waals surface area contributed by atoms with Gasteiger partial charge in [-0.25, -0.2) is 0 Å². The van der Waals surface area contributed by atoms with Crippen molar-refractivity contribution >= 4 is 34.1 Å². The van der Waals surface area contributed by atoms with E-state index in [-0.39, 0.29) is 24.7 Å². The molecule has 0 saturated carbocycles. The molecule has 0 aromatic heterocycles. The van der Waals surface area contributed by atoms with Gasteiger partial charge in [-0.15, -0.1) is 0 Å². The highest BCUT2D eigenvalue weighted by Gasteiger charge is 2.09. The first kappa shape index (κ1) is 16.2. The van der Waals surface area contributed by atoms with Crippen molar-refractivity contribution in [2.45, 2.75) is 6.42 Å². The summed E-state index contributed by atoms with van der Waals surface area (Å²) < 4.78 is 0. The molecule has 0 spiro atoms. The van der Waals surface area contributed by atoms with E-state index in [0.29, 0.717) is 10.6 Å². The van der Waals surface area contributed by atoms with Crippen LogP contribution in [0.5, 0.6) is 0 Å². The average molecular weight is 338 g/mol. The lowest BCUT2D eigenvalue weighted by molar-refractivity contribution is -0.120. The van der Waals surface area contributed by atoms with E-state index < -0.39 is 0 Å². The summed E-state index contributed by atoms with van der Waals surface area (Å²) in [5.74, 6) is -0.314. The predicted molar refractivity (Wildman–Crippen MR) is 96.4 cm³/mol. The number of hydrogen-bond acceptors (Lipinski definition) is 2. The molecule has 0 aliphatic heterocycles. The Bertz CT molecular complexity index is 888. The van der Waals surface area contributed by atoms with Gasteiger partial charge in [0, 0.05) is 10.6 Å². The normalized spacial score (nSPS) is 10.5. The molecule has 1 amide bonds. The second-order valence-corrected chi connectivity index (χ2v) is 6.00. The number of carbonyl (C=O) groups excluding carboxylic acids is 2. The van der Waals surface area contributed by atoms with Crippen LogP contribution in [0.25, 0.3) is 10.8 Å². The molecule has 0 aliphatic carbocycles. The van der Waals surface area contributed by atoms with Crippen LogP contribution in [0.15, 0.2) is 66.7 Å².